The average Bonchev–Trinajstić information content (AvgIpc) is 3.41. The molecule has 1 aliphatic heterocycles. The van der Waals surface area contributed by atoms with Crippen molar-refractivity contribution in [2.45, 2.75) is 71.1 Å². The summed E-state index contributed by atoms with van der Waals surface area (Å²) >= 11 is 0. The molecule has 2 aliphatic rings. The molecule has 1 aliphatic carbocycles. The zero-order valence-electron chi connectivity index (χ0n) is 42.7. The van der Waals surface area contributed by atoms with Crippen molar-refractivity contribution >= 4 is 56.5 Å². The second-order valence-corrected chi connectivity index (χ2v) is 19.8. The van der Waals surface area contributed by atoms with E-state index < -0.39 is 5.97 Å². The third kappa shape index (κ3) is 13.1. The predicted molar refractivity (Wildman–Crippen MR) is 287 cm³/mol. The van der Waals surface area contributed by atoms with Gasteiger partial charge >= 0.3 is 5.97 Å². The van der Waals surface area contributed by atoms with Gasteiger partial charge in [-0.25, -0.2) is 19.7 Å². The summed E-state index contributed by atoms with van der Waals surface area (Å²) < 4.78 is 0. The van der Waals surface area contributed by atoms with Crippen LogP contribution in [0.2, 0.25) is 0 Å². The number of amides is 3. The highest BCUT2D eigenvalue weighted by atomic mass is 16.4. The topological polar surface area (TPSA) is 189 Å². The molecule has 3 aromatic heterocycles. The van der Waals surface area contributed by atoms with Gasteiger partial charge in [-0.3, -0.25) is 39.0 Å². The molecule has 3 atom stereocenters. The molecule has 4 N–H and O–H groups in total. The molecule has 0 spiro atoms. The summed E-state index contributed by atoms with van der Waals surface area (Å²) in [6, 6.07) is 33.8. The van der Waals surface area contributed by atoms with Crippen LogP contribution in [-0.4, -0.2) is 140 Å². The van der Waals surface area contributed by atoms with Crippen LogP contribution in [0.15, 0.2) is 115 Å². The van der Waals surface area contributed by atoms with E-state index in [0.717, 1.165) is 92.3 Å². The van der Waals surface area contributed by atoms with Crippen molar-refractivity contribution < 1.29 is 24.3 Å². The maximum Gasteiger partial charge on any atom is 0.335 e. The molecular weight excluding hydrogens is 931 g/mol. The van der Waals surface area contributed by atoms with E-state index >= 15 is 0 Å². The number of rotatable bonds is 15. The highest BCUT2D eigenvalue weighted by molar-refractivity contribution is 6.20. The number of carboxylic acids is 1. The molecule has 0 bridgehead atoms. The van der Waals surface area contributed by atoms with Gasteiger partial charge in [0.1, 0.15) is 0 Å². The Kier molecular flexibility index (Phi) is 16.9. The lowest BCUT2D eigenvalue weighted by atomic mass is 9.99. The van der Waals surface area contributed by atoms with Gasteiger partial charge < -0.3 is 21.1 Å². The van der Waals surface area contributed by atoms with Crippen molar-refractivity contribution in [2.75, 3.05) is 72.0 Å². The Morgan fingerprint density at radius 2 is 0.905 bits per heavy atom. The Morgan fingerprint density at radius 3 is 1.36 bits per heavy atom. The van der Waals surface area contributed by atoms with Crippen molar-refractivity contribution in [1.82, 2.24) is 55.5 Å². The molecule has 0 saturated carbocycles. The van der Waals surface area contributed by atoms with Gasteiger partial charge in [-0.1, -0.05) is 72.8 Å². The number of nitrogens with one attached hydrogen (secondary N) is 3. The largest absolute Gasteiger partial charge is 0.478 e. The third-order valence-corrected chi connectivity index (χ3v) is 14.4. The van der Waals surface area contributed by atoms with E-state index in [1.165, 1.54) is 12.1 Å². The molecule has 0 radical (unpaired) electrons. The summed E-state index contributed by atoms with van der Waals surface area (Å²) in [5.74, 6) is -1.39. The molecular formula is C58H67N11O5. The average molecular weight is 998 g/mol. The van der Waals surface area contributed by atoms with E-state index in [-0.39, 0.29) is 61.0 Å². The Labute approximate surface area is 432 Å². The maximum atomic E-state index is 13.9. The SMILES string of the molecule is C[C@H](NC(=O)CN1CCN(CC(=O)N[C@@H](C)c2ccccc2)CCN(Cc2ccc3c(n2)c2ncccc2c2nc4c(nc32)CCCC4)CCN(CC(=O)N[C@@H](C)c2ccccc2)CC1)c1ccc(C(=O)O)cc1. The van der Waals surface area contributed by atoms with Crippen molar-refractivity contribution in [3.05, 3.63) is 155 Å². The zero-order valence-corrected chi connectivity index (χ0v) is 42.7. The second-order valence-electron chi connectivity index (χ2n) is 19.8. The van der Waals surface area contributed by atoms with Crippen LogP contribution in [0.4, 0.5) is 0 Å². The lowest BCUT2D eigenvalue weighted by molar-refractivity contribution is -0.125. The van der Waals surface area contributed by atoms with E-state index in [9.17, 15) is 24.3 Å². The van der Waals surface area contributed by atoms with Gasteiger partial charge in [0.25, 0.3) is 0 Å². The Bertz CT molecular complexity index is 3010. The van der Waals surface area contributed by atoms with Crippen molar-refractivity contribution in [3.8, 4) is 0 Å². The van der Waals surface area contributed by atoms with Gasteiger partial charge in [-0.15, -0.1) is 0 Å². The molecule has 9 rings (SSSR count). The van der Waals surface area contributed by atoms with Crippen LogP contribution in [0.1, 0.15) is 95.9 Å². The standard InChI is InChI=1S/C58H67N11O5/c1-39(42-13-6-4-7-14-42)60-51(70)36-67-29-27-66(35-46-24-25-48-55(63-46)54-47(17-12-26-59-54)56-57(48)65-50-19-11-10-18-49(50)64-56)28-30-68(37-52(71)61-40(2)43-15-8-5-9-16-43)32-34-69(33-31-67)38-53(72)62-41(3)44-20-22-45(23-21-44)58(73)74/h4-9,12-17,20-26,39-41H,10-11,18-19,27-38H2,1-3H3,(H,60,70)(H,61,71)(H,62,72)(H,73,74)/t39-,40-,41-/m0/s1. The summed E-state index contributed by atoms with van der Waals surface area (Å²) in [6.07, 6.45) is 5.87. The van der Waals surface area contributed by atoms with Crippen LogP contribution in [0.5, 0.6) is 0 Å². The fraction of sp³-hybridized carbons (Fsp3) is 0.379. The summed E-state index contributed by atoms with van der Waals surface area (Å²) in [6.45, 7) is 11.0. The van der Waals surface area contributed by atoms with Crippen LogP contribution >= 0.6 is 0 Å². The van der Waals surface area contributed by atoms with Crippen molar-refractivity contribution in [1.29, 1.82) is 0 Å². The smallest absolute Gasteiger partial charge is 0.335 e. The second kappa shape index (κ2) is 24.2. The first kappa shape index (κ1) is 51.7. The van der Waals surface area contributed by atoms with Gasteiger partial charge in [0, 0.05) is 75.9 Å². The summed E-state index contributed by atoms with van der Waals surface area (Å²) in [5, 5.41) is 20.8. The van der Waals surface area contributed by atoms with Crippen LogP contribution in [0, 0.1) is 0 Å². The number of fused-ring (bicyclic) bond motifs is 7. The number of aromatic carboxylic acids is 1. The van der Waals surface area contributed by atoms with Crippen LogP contribution in [-0.2, 0) is 33.8 Å². The van der Waals surface area contributed by atoms with Gasteiger partial charge in [-0.2, -0.15) is 0 Å². The van der Waals surface area contributed by atoms with E-state index in [1.54, 1.807) is 18.3 Å². The quantitative estimate of drug-likeness (QED) is 0.0800. The molecule has 16 nitrogen and oxygen atoms in total. The minimum absolute atomic E-state index is 0.0837. The van der Waals surface area contributed by atoms with Crippen LogP contribution in [0.25, 0.3) is 32.8 Å². The van der Waals surface area contributed by atoms with E-state index in [0.29, 0.717) is 58.9 Å². The minimum atomic E-state index is -1.01. The molecule has 4 heterocycles. The number of hydrogen-bond donors (Lipinski definition) is 4. The first-order valence-electron chi connectivity index (χ1n) is 26.0. The Morgan fingerprint density at radius 1 is 0.486 bits per heavy atom. The van der Waals surface area contributed by atoms with Crippen LogP contribution < -0.4 is 16.0 Å². The van der Waals surface area contributed by atoms with Crippen LogP contribution in [0.3, 0.4) is 0 Å². The number of nitrogens with zero attached hydrogens (tertiary/aromatic N) is 8. The van der Waals surface area contributed by atoms with Gasteiger partial charge in [0.15, 0.2) is 0 Å². The fourth-order valence-electron chi connectivity index (χ4n) is 10.2. The molecule has 16 heteroatoms. The summed E-state index contributed by atoms with van der Waals surface area (Å²) in [4.78, 5) is 82.5. The number of carboxylic acid groups (broad SMARTS) is 1. The fourth-order valence-corrected chi connectivity index (χ4v) is 10.2. The maximum absolute atomic E-state index is 13.9. The normalized spacial score (nSPS) is 16.9. The highest BCUT2D eigenvalue weighted by Gasteiger charge is 2.25. The molecule has 3 amide bonds. The van der Waals surface area contributed by atoms with Crippen molar-refractivity contribution in [2.24, 2.45) is 0 Å². The molecule has 7 aromatic rings. The summed E-state index contributed by atoms with van der Waals surface area (Å²) in [5.41, 5.74) is 9.31. The van der Waals surface area contributed by atoms with Gasteiger partial charge in [0.2, 0.25) is 17.7 Å². The zero-order chi connectivity index (χ0) is 51.6. The van der Waals surface area contributed by atoms with E-state index in [1.807, 2.05) is 87.5 Å². The van der Waals surface area contributed by atoms with Gasteiger partial charge in [-0.05, 0) is 99.5 Å². The first-order chi connectivity index (χ1) is 35.9. The molecule has 384 valence electrons. The molecule has 0 unspecified atom stereocenters. The monoisotopic (exact) mass is 998 g/mol. The van der Waals surface area contributed by atoms with Crippen molar-refractivity contribution in [3.63, 3.8) is 0 Å². The van der Waals surface area contributed by atoms with Gasteiger partial charge in [0.05, 0.1) is 82.5 Å². The number of aryl methyl sites for hydroxylation is 2. The summed E-state index contributed by atoms with van der Waals surface area (Å²) in [7, 11) is 0. The Balaban J connectivity index is 0.982. The molecule has 1 saturated heterocycles. The highest BCUT2D eigenvalue weighted by Crippen LogP contribution is 2.33. The lowest BCUT2D eigenvalue weighted by Crippen LogP contribution is -2.50. The number of pyridine rings is 2. The molecule has 1 fully saturated rings. The number of carbonyl (C=O) groups excluding carboxylic acids is 3. The number of aromatic nitrogens is 4. The molecule has 4 aromatic carbocycles. The number of carbonyl (C=O) groups is 4. The lowest BCUT2D eigenvalue weighted by Gasteiger charge is -2.34. The number of benzene rings is 4. The Hall–Kier alpha value is -7.24. The third-order valence-electron chi connectivity index (χ3n) is 14.4. The van der Waals surface area contributed by atoms with E-state index in [2.05, 4.69) is 53.7 Å². The predicted octanol–water partition coefficient (Wildman–Crippen LogP) is 6.66. The molecule has 74 heavy (non-hydrogen) atoms. The first-order valence-corrected chi connectivity index (χ1v) is 26.0. The van der Waals surface area contributed by atoms with E-state index in [4.69, 9.17) is 19.9 Å². The number of hydrogen-bond acceptors (Lipinski definition) is 12. The minimum Gasteiger partial charge on any atom is -0.478 e.